The van der Waals surface area contributed by atoms with Gasteiger partial charge in [-0.3, -0.25) is 4.55 Å². The van der Waals surface area contributed by atoms with E-state index in [2.05, 4.69) is 9.71 Å². The standard InChI is InChI=1S/C7H10N4O2S/c8-5-1-3-6(4-2-5)10-7(9)11-14(12)13/h1-4H,8H2,(H,12,13)(H3,9,10,11). The summed E-state index contributed by atoms with van der Waals surface area (Å²) in [7, 11) is 0. The van der Waals surface area contributed by atoms with Crippen molar-refractivity contribution < 1.29 is 8.76 Å². The second kappa shape index (κ2) is 4.58. The van der Waals surface area contributed by atoms with E-state index >= 15 is 0 Å². The van der Waals surface area contributed by atoms with Gasteiger partial charge in [0.15, 0.2) is 0 Å². The van der Waals surface area contributed by atoms with E-state index in [9.17, 15) is 4.21 Å². The van der Waals surface area contributed by atoms with Crippen LogP contribution in [0.1, 0.15) is 0 Å². The molecule has 0 aliphatic heterocycles. The van der Waals surface area contributed by atoms with Gasteiger partial charge in [0, 0.05) is 11.4 Å². The Bertz CT molecular complexity index is 362. The summed E-state index contributed by atoms with van der Waals surface area (Å²) in [6.07, 6.45) is 0. The zero-order valence-electron chi connectivity index (χ0n) is 7.18. The van der Waals surface area contributed by atoms with Crippen molar-refractivity contribution >= 4 is 28.6 Å². The lowest BCUT2D eigenvalue weighted by Gasteiger charge is -2.03. The Morgan fingerprint density at radius 2 is 2.00 bits per heavy atom. The smallest absolute Gasteiger partial charge is 0.285 e. The number of hydrogen-bond acceptors (Lipinski definition) is 2. The van der Waals surface area contributed by atoms with Crippen molar-refractivity contribution in [2.75, 3.05) is 11.1 Å². The molecule has 1 atom stereocenters. The van der Waals surface area contributed by atoms with Gasteiger partial charge in [-0.15, -0.1) is 4.40 Å². The van der Waals surface area contributed by atoms with Gasteiger partial charge in [0.25, 0.3) is 11.3 Å². The van der Waals surface area contributed by atoms with Crippen molar-refractivity contribution in [2.24, 2.45) is 10.1 Å². The zero-order chi connectivity index (χ0) is 10.6. The molecule has 1 aromatic carbocycles. The first-order chi connectivity index (χ1) is 6.58. The highest BCUT2D eigenvalue weighted by atomic mass is 32.2. The summed E-state index contributed by atoms with van der Waals surface area (Å²) < 4.78 is 21.8. The van der Waals surface area contributed by atoms with Gasteiger partial charge in [-0.1, -0.05) is 0 Å². The first-order valence-electron chi connectivity index (χ1n) is 3.65. The largest absolute Gasteiger partial charge is 0.399 e. The van der Waals surface area contributed by atoms with Gasteiger partial charge in [-0.05, 0) is 24.3 Å². The molecule has 0 radical (unpaired) electrons. The lowest BCUT2D eigenvalue weighted by atomic mass is 10.3. The van der Waals surface area contributed by atoms with Crippen LogP contribution in [0.4, 0.5) is 11.4 Å². The minimum absolute atomic E-state index is 0.129. The quantitative estimate of drug-likeness (QED) is 0.242. The van der Waals surface area contributed by atoms with Gasteiger partial charge in [0.05, 0.1) is 0 Å². The zero-order valence-corrected chi connectivity index (χ0v) is 7.99. The summed E-state index contributed by atoms with van der Waals surface area (Å²) in [5.41, 5.74) is 12.0. The Balaban J connectivity index is 2.69. The van der Waals surface area contributed by atoms with Crippen molar-refractivity contribution in [2.45, 2.75) is 0 Å². The van der Waals surface area contributed by atoms with E-state index in [1.54, 1.807) is 24.3 Å². The molecule has 14 heavy (non-hydrogen) atoms. The van der Waals surface area contributed by atoms with E-state index in [1.807, 2.05) is 0 Å². The Hall–Kier alpha value is -1.60. The molecular formula is C7H10N4O2S. The summed E-state index contributed by atoms with van der Waals surface area (Å²) in [4.78, 5) is 0. The molecule has 0 amide bonds. The molecule has 0 aliphatic carbocycles. The lowest BCUT2D eigenvalue weighted by Crippen LogP contribution is -2.22. The number of nitrogens with two attached hydrogens (primary N) is 2. The number of rotatable bonds is 2. The Labute approximate surface area is 83.4 Å². The Morgan fingerprint density at radius 1 is 1.43 bits per heavy atom. The van der Waals surface area contributed by atoms with Crippen molar-refractivity contribution in [1.29, 1.82) is 0 Å². The molecule has 1 unspecified atom stereocenters. The van der Waals surface area contributed by atoms with Gasteiger partial charge >= 0.3 is 0 Å². The summed E-state index contributed by atoms with van der Waals surface area (Å²) in [6, 6.07) is 6.70. The molecule has 0 aliphatic rings. The molecule has 7 heteroatoms. The SMILES string of the molecule is NC(=NS(=O)O)Nc1ccc(N)cc1. The topological polar surface area (TPSA) is 114 Å². The number of nitrogens with zero attached hydrogens (tertiary/aromatic N) is 1. The van der Waals surface area contributed by atoms with Gasteiger partial charge in [-0.2, -0.15) is 0 Å². The summed E-state index contributed by atoms with van der Waals surface area (Å²) in [5, 5.41) is 2.62. The van der Waals surface area contributed by atoms with E-state index < -0.39 is 11.3 Å². The van der Waals surface area contributed by atoms with Crippen LogP contribution >= 0.6 is 0 Å². The minimum atomic E-state index is -2.30. The minimum Gasteiger partial charge on any atom is -0.399 e. The lowest BCUT2D eigenvalue weighted by molar-refractivity contribution is 0.566. The maximum absolute atomic E-state index is 10.2. The fraction of sp³-hybridized carbons (Fsp3) is 0. The highest BCUT2D eigenvalue weighted by Gasteiger charge is 1.96. The number of nitrogen functional groups attached to an aromatic ring is 1. The van der Waals surface area contributed by atoms with Gasteiger partial charge in [-0.25, -0.2) is 4.21 Å². The number of benzene rings is 1. The molecule has 76 valence electrons. The second-order valence-electron chi connectivity index (χ2n) is 2.45. The van der Waals surface area contributed by atoms with Crippen molar-refractivity contribution in [1.82, 2.24) is 0 Å². The van der Waals surface area contributed by atoms with Crippen LogP contribution in [0.3, 0.4) is 0 Å². The third-order valence-corrected chi connectivity index (χ3v) is 1.71. The summed E-state index contributed by atoms with van der Waals surface area (Å²) >= 11 is -2.30. The Kier molecular flexibility index (Phi) is 3.43. The van der Waals surface area contributed by atoms with Gasteiger partial charge in [0.2, 0.25) is 5.96 Å². The van der Waals surface area contributed by atoms with Crippen molar-refractivity contribution in [3.63, 3.8) is 0 Å². The normalized spacial score (nSPS) is 13.6. The summed E-state index contributed by atoms with van der Waals surface area (Å²) in [5.74, 6) is -0.129. The number of hydrogen-bond donors (Lipinski definition) is 4. The van der Waals surface area contributed by atoms with Gasteiger partial charge < -0.3 is 16.8 Å². The predicted octanol–water partition coefficient (Wildman–Crippen LogP) is 0.132. The number of nitrogens with one attached hydrogen (secondary N) is 1. The molecule has 0 saturated heterocycles. The van der Waals surface area contributed by atoms with Crippen LogP contribution in [0.2, 0.25) is 0 Å². The third kappa shape index (κ3) is 3.42. The number of guanidine groups is 1. The molecule has 0 aromatic heterocycles. The van der Waals surface area contributed by atoms with E-state index in [0.717, 1.165) is 0 Å². The molecular weight excluding hydrogens is 204 g/mol. The highest BCUT2D eigenvalue weighted by molar-refractivity contribution is 7.78. The fourth-order valence-corrected chi connectivity index (χ4v) is 1.04. The third-order valence-electron chi connectivity index (χ3n) is 1.36. The average molecular weight is 214 g/mol. The van der Waals surface area contributed by atoms with Crippen LogP contribution < -0.4 is 16.8 Å². The monoisotopic (exact) mass is 214 g/mol. The van der Waals surface area contributed by atoms with Crippen LogP contribution in [0, 0.1) is 0 Å². The Morgan fingerprint density at radius 3 is 2.50 bits per heavy atom. The maximum Gasteiger partial charge on any atom is 0.285 e. The first kappa shape index (κ1) is 10.5. The molecule has 1 aromatic rings. The molecule has 6 nitrogen and oxygen atoms in total. The summed E-state index contributed by atoms with van der Waals surface area (Å²) in [6.45, 7) is 0. The molecule has 0 spiro atoms. The van der Waals surface area contributed by atoms with Crippen molar-refractivity contribution in [3.8, 4) is 0 Å². The van der Waals surface area contributed by atoms with Crippen LogP contribution in [0.5, 0.6) is 0 Å². The van der Waals surface area contributed by atoms with E-state index in [-0.39, 0.29) is 5.96 Å². The van der Waals surface area contributed by atoms with Crippen molar-refractivity contribution in [3.05, 3.63) is 24.3 Å². The molecule has 1 rings (SSSR count). The maximum atomic E-state index is 10.2. The van der Waals surface area contributed by atoms with E-state index in [1.165, 1.54) is 0 Å². The second-order valence-corrected chi connectivity index (χ2v) is 3.10. The predicted molar refractivity (Wildman–Crippen MR) is 56.9 cm³/mol. The molecule has 0 bridgehead atoms. The van der Waals surface area contributed by atoms with Crippen LogP contribution in [0.15, 0.2) is 28.7 Å². The van der Waals surface area contributed by atoms with Crippen LogP contribution in [0.25, 0.3) is 0 Å². The highest BCUT2D eigenvalue weighted by Crippen LogP contribution is 2.09. The first-order valence-corrected chi connectivity index (χ1v) is 4.72. The number of anilines is 2. The van der Waals surface area contributed by atoms with E-state index in [0.29, 0.717) is 11.4 Å². The van der Waals surface area contributed by atoms with Gasteiger partial charge in [0.1, 0.15) is 0 Å². The fourth-order valence-electron chi connectivity index (χ4n) is 0.821. The molecule has 0 saturated carbocycles. The average Bonchev–Trinajstić information content (AvgIpc) is 2.07. The molecule has 0 heterocycles. The van der Waals surface area contributed by atoms with Crippen LogP contribution in [-0.4, -0.2) is 14.7 Å². The molecule has 6 N–H and O–H groups in total. The van der Waals surface area contributed by atoms with Crippen LogP contribution in [-0.2, 0) is 11.3 Å². The molecule has 0 fully saturated rings. The van der Waals surface area contributed by atoms with E-state index in [4.69, 9.17) is 16.0 Å².